The fourth-order valence-corrected chi connectivity index (χ4v) is 5.40. The van der Waals surface area contributed by atoms with Crippen LogP contribution in [0.3, 0.4) is 0 Å². The van der Waals surface area contributed by atoms with Crippen LogP contribution in [0.5, 0.6) is 0 Å². The van der Waals surface area contributed by atoms with E-state index in [9.17, 15) is 19.8 Å². The zero-order chi connectivity index (χ0) is 21.9. The molecule has 4 atom stereocenters. The van der Waals surface area contributed by atoms with Crippen molar-refractivity contribution < 1.29 is 19.8 Å². The Morgan fingerprint density at radius 2 is 1.07 bits per heavy atom. The van der Waals surface area contributed by atoms with Gasteiger partial charge in [0.2, 0.25) is 0 Å². The van der Waals surface area contributed by atoms with Crippen LogP contribution in [0.25, 0.3) is 0 Å². The lowest BCUT2D eigenvalue weighted by atomic mass is 9.56. The van der Waals surface area contributed by atoms with Crippen molar-refractivity contribution in [2.45, 2.75) is 36.2 Å². The standard InChI is InChI=1S/C16H20Cl4O4S4/c17-9-10(18)12(20)16(14(23)24,4-2-8(28)6-26)15(11(9)19,13(21)22)3-1-7(27)5-25/h7-8,25-28H,1-6H2,(H,21,22)(H,23,24). The molecule has 4 unspecified atom stereocenters. The molecule has 0 spiro atoms. The Labute approximate surface area is 206 Å². The Bertz CT molecular complexity index is 644. The van der Waals surface area contributed by atoms with E-state index in [1.165, 1.54) is 0 Å². The van der Waals surface area contributed by atoms with Crippen LogP contribution in [-0.2, 0) is 9.59 Å². The van der Waals surface area contributed by atoms with E-state index >= 15 is 0 Å². The van der Waals surface area contributed by atoms with Crippen molar-refractivity contribution in [1.29, 1.82) is 0 Å². The summed E-state index contributed by atoms with van der Waals surface area (Å²) in [6.07, 6.45) is 0.0911. The number of aliphatic carboxylic acids is 2. The Morgan fingerprint density at radius 3 is 1.29 bits per heavy atom. The predicted molar refractivity (Wildman–Crippen MR) is 129 cm³/mol. The lowest BCUT2D eigenvalue weighted by Crippen LogP contribution is -2.55. The van der Waals surface area contributed by atoms with Gasteiger partial charge in [-0.1, -0.05) is 46.4 Å². The minimum Gasteiger partial charge on any atom is -0.481 e. The van der Waals surface area contributed by atoms with Crippen molar-refractivity contribution in [1.82, 2.24) is 0 Å². The number of halogens is 4. The molecule has 0 aromatic carbocycles. The first-order chi connectivity index (χ1) is 12.9. The summed E-state index contributed by atoms with van der Waals surface area (Å²) >= 11 is 42.1. The Kier molecular flexibility index (Phi) is 10.6. The maximum atomic E-state index is 12.6. The van der Waals surface area contributed by atoms with E-state index in [0.29, 0.717) is 11.5 Å². The number of thiol groups is 4. The molecule has 0 bridgehead atoms. The number of carbonyl (C=O) groups is 2. The molecule has 0 aromatic heterocycles. The molecule has 0 aromatic rings. The maximum absolute atomic E-state index is 12.6. The van der Waals surface area contributed by atoms with E-state index in [1.807, 2.05) is 0 Å². The van der Waals surface area contributed by atoms with Crippen molar-refractivity contribution in [3.63, 3.8) is 0 Å². The SMILES string of the molecule is O=C(O)C1(CCC(S)CS)C(Cl)=C(Cl)C(Cl)=C(Cl)C1(CCC(S)CS)C(=O)O. The highest BCUT2D eigenvalue weighted by Crippen LogP contribution is 2.64. The molecule has 0 radical (unpaired) electrons. The fourth-order valence-electron chi connectivity index (χ4n) is 3.30. The summed E-state index contributed by atoms with van der Waals surface area (Å²) in [7, 11) is 0. The van der Waals surface area contributed by atoms with Crippen molar-refractivity contribution in [2.24, 2.45) is 10.8 Å². The van der Waals surface area contributed by atoms with Crippen LogP contribution < -0.4 is 0 Å². The first-order valence-electron chi connectivity index (χ1n) is 8.10. The Balaban J connectivity index is 3.79. The molecule has 1 aliphatic carbocycles. The normalized spacial score (nSPS) is 27.7. The summed E-state index contributed by atoms with van der Waals surface area (Å²) in [6.45, 7) is 0. The lowest BCUT2D eigenvalue weighted by molar-refractivity contribution is -0.168. The van der Waals surface area contributed by atoms with Gasteiger partial charge < -0.3 is 10.2 Å². The zero-order valence-corrected chi connectivity index (χ0v) is 21.0. The molecule has 160 valence electrons. The Morgan fingerprint density at radius 1 is 0.786 bits per heavy atom. The fraction of sp³-hybridized carbons (Fsp3) is 0.625. The van der Waals surface area contributed by atoms with E-state index in [0.717, 1.165) is 0 Å². The highest BCUT2D eigenvalue weighted by molar-refractivity contribution is 7.85. The quantitative estimate of drug-likeness (QED) is 0.204. The van der Waals surface area contributed by atoms with Gasteiger partial charge in [0.15, 0.2) is 0 Å². The second kappa shape index (κ2) is 11.0. The summed E-state index contributed by atoms with van der Waals surface area (Å²) in [5, 5.41) is 18.6. The molecule has 0 fully saturated rings. The number of hydrogen-bond donors (Lipinski definition) is 6. The van der Waals surface area contributed by atoms with Gasteiger partial charge in [0.25, 0.3) is 0 Å². The molecule has 4 nitrogen and oxygen atoms in total. The minimum absolute atomic E-state index is 0.170. The third kappa shape index (κ3) is 4.74. The average molecular weight is 546 g/mol. The van der Waals surface area contributed by atoms with Gasteiger partial charge in [0.05, 0.1) is 20.1 Å². The molecule has 1 rings (SSSR count). The highest BCUT2D eigenvalue weighted by Gasteiger charge is 2.67. The summed E-state index contributed by atoms with van der Waals surface area (Å²) in [5.74, 6) is -2.20. The summed E-state index contributed by atoms with van der Waals surface area (Å²) in [5.41, 5.74) is -4.25. The average Bonchev–Trinajstić information content (AvgIpc) is 2.66. The molecule has 2 N–H and O–H groups in total. The van der Waals surface area contributed by atoms with Gasteiger partial charge in [-0.3, -0.25) is 9.59 Å². The van der Waals surface area contributed by atoms with Gasteiger partial charge in [0, 0.05) is 22.0 Å². The van der Waals surface area contributed by atoms with Crippen LogP contribution in [-0.4, -0.2) is 44.2 Å². The Hall–Kier alpha value is 0.980. The second-order valence-electron chi connectivity index (χ2n) is 6.43. The minimum atomic E-state index is -2.12. The summed E-state index contributed by atoms with van der Waals surface area (Å²) < 4.78 is 0. The number of allylic oxidation sites excluding steroid dienone is 2. The number of rotatable bonds is 10. The molecule has 0 heterocycles. The van der Waals surface area contributed by atoms with E-state index in [2.05, 4.69) is 50.5 Å². The maximum Gasteiger partial charge on any atom is 0.316 e. The molecule has 0 saturated carbocycles. The molecule has 0 saturated heterocycles. The molecule has 0 amide bonds. The van der Waals surface area contributed by atoms with E-state index in [-0.39, 0.29) is 56.3 Å². The third-order valence-corrected chi connectivity index (χ3v) is 9.32. The van der Waals surface area contributed by atoms with Crippen LogP contribution in [0.15, 0.2) is 20.1 Å². The van der Waals surface area contributed by atoms with E-state index in [1.54, 1.807) is 0 Å². The molecule has 0 aliphatic heterocycles. The lowest BCUT2D eigenvalue weighted by Gasteiger charge is -2.48. The summed E-state index contributed by atoms with van der Waals surface area (Å²) in [6, 6.07) is 0. The first kappa shape index (κ1) is 27.0. The van der Waals surface area contributed by atoms with E-state index < -0.39 is 22.8 Å². The third-order valence-electron chi connectivity index (χ3n) is 4.91. The van der Waals surface area contributed by atoms with Crippen LogP contribution in [0.1, 0.15) is 25.7 Å². The molecule has 12 heteroatoms. The highest BCUT2D eigenvalue weighted by atomic mass is 35.5. The topological polar surface area (TPSA) is 74.6 Å². The van der Waals surface area contributed by atoms with Crippen LogP contribution in [0.2, 0.25) is 0 Å². The number of carboxylic acid groups (broad SMARTS) is 2. The van der Waals surface area contributed by atoms with Gasteiger partial charge in [-0.25, -0.2) is 0 Å². The largest absolute Gasteiger partial charge is 0.481 e. The van der Waals surface area contributed by atoms with Crippen molar-refractivity contribution in [3.05, 3.63) is 20.1 Å². The van der Waals surface area contributed by atoms with E-state index in [4.69, 9.17) is 46.4 Å². The predicted octanol–water partition coefficient (Wildman–Crippen LogP) is 5.54. The molecule has 1 aliphatic rings. The number of hydrogen-bond acceptors (Lipinski definition) is 6. The molecule has 28 heavy (non-hydrogen) atoms. The van der Waals surface area contributed by atoms with Crippen LogP contribution in [0.4, 0.5) is 0 Å². The smallest absolute Gasteiger partial charge is 0.316 e. The van der Waals surface area contributed by atoms with Gasteiger partial charge in [0.1, 0.15) is 10.8 Å². The van der Waals surface area contributed by atoms with Crippen molar-refractivity contribution in [3.8, 4) is 0 Å². The monoisotopic (exact) mass is 544 g/mol. The second-order valence-corrected chi connectivity index (χ2v) is 10.1. The zero-order valence-electron chi connectivity index (χ0n) is 14.4. The number of carboxylic acids is 2. The molecular formula is C16H20Cl4O4S4. The van der Waals surface area contributed by atoms with Gasteiger partial charge >= 0.3 is 11.9 Å². The van der Waals surface area contributed by atoms with Crippen LogP contribution in [0, 0.1) is 10.8 Å². The van der Waals surface area contributed by atoms with Gasteiger partial charge in [-0.15, -0.1) is 0 Å². The van der Waals surface area contributed by atoms with Gasteiger partial charge in [-0.05, 0) is 25.7 Å². The first-order valence-corrected chi connectivity index (χ1v) is 11.9. The molecular weight excluding hydrogens is 526 g/mol. The van der Waals surface area contributed by atoms with Crippen molar-refractivity contribution in [2.75, 3.05) is 11.5 Å². The van der Waals surface area contributed by atoms with Crippen LogP contribution >= 0.6 is 96.9 Å². The van der Waals surface area contributed by atoms with Crippen molar-refractivity contribution >= 4 is 109 Å². The van der Waals surface area contributed by atoms with Gasteiger partial charge in [-0.2, -0.15) is 50.5 Å². The summed E-state index contributed by atoms with van der Waals surface area (Å²) in [4.78, 5) is 25.2.